The van der Waals surface area contributed by atoms with E-state index in [0.29, 0.717) is 5.02 Å². The van der Waals surface area contributed by atoms with Crippen molar-refractivity contribution < 1.29 is 5.11 Å². The molecule has 0 saturated carbocycles. The van der Waals surface area contributed by atoms with E-state index in [1.807, 2.05) is 24.3 Å². The fourth-order valence-corrected chi connectivity index (χ4v) is 3.20. The van der Waals surface area contributed by atoms with Crippen molar-refractivity contribution in [1.82, 2.24) is 9.80 Å². The molecule has 0 amide bonds. The third-order valence-corrected chi connectivity index (χ3v) is 4.66. The molecular weight excluding hydrogens is 284 g/mol. The van der Waals surface area contributed by atoms with Gasteiger partial charge in [0.05, 0.1) is 6.10 Å². The first-order valence-corrected chi connectivity index (χ1v) is 8.23. The minimum absolute atomic E-state index is 0.427. The number of nitrogens with zero attached hydrogens (tertiary/aromatic N) is 2. The third-order valence-electron chi connectivity index (χ3n) is 4.43. The molecule has 1 aliphatic heterocycles. The summed E-state index contributed by atoms with van der Waals surface area (Å²) < 4.78 is 0. The van der Waals surface area contributed by atoms with E-state index in [0.717, 1.165) is 31.0 Å². The number of aliphatic hydroxyl groups is 1. The Morgan fingerprint density at radius 1 is 1.38 bits per heavy atom. The van der Waals surface area contributed by atoms with Gasteiger partial charge in [-0.15, -0.1) is 0 Å². The molecule has 1 aromatic rings. The van der Waals surface area contributed by atoms with Gasteiger partial charge in [-0.3, -0.25) is 0 Å². The van der Waals surface area contributed by atoms with E-state index in [1.165, 1.54) is 25.9 Å². The summed E-state index contributed by atoms with van der Waals surface area (Å²) in [5, 5.41) is 10.9. The van der Waals surface area contributed by atoms with E-state index in [2.05, 4.69) is 23.9 Å². The molecule has 118 valence electrons. The Hall–Kier alpha value is -0.610. The summed E-state index contributed by atoms with van der Waals surface area (Å²) >= 11 is 5.97. The zero-order valence-corrected chi connectivity index (χ0v) is 13.9. The Labute approximate surface area is 133 Å². The van der Waals surface area contributed by atoms with Gasteiger partial charge in [-0.25, -0.2) is 0 Å². The van der Waals surface area contributed by atoms with Gasteiger partial charge >= 0.3 is 0 Å². The molecule has 1 unspecified atom stereocenters. The van der Waals surface area contributed by atoms with Gasteiger partial charge in [0.1, 0.15) is 0 Å². The Kier molecular flexibility index (Phi) is 6.49. The largest absolute Gasteiger partial charge is 0.388 e. The first-order chi connectivity index (χ1) is 10.0. The lowest BCUT2D eigenvalue weighted by molar-refractivity contribution is 0.133. The molecule has 1 N–H and O–H groups in total. The van der Waals surface area contributed by atoms with Gasteiger partial charge in [0, 0.05) is 18.1 Å². The number of hydrogen-bond acceptors (Lipinski definition) is 3. The van der Waals surface area contributed by atoms with Crippen LogP contribution >= 0.6 is 11.6 Å². The first kappa shape index (κ1) is 16.8. The van der Waals surface area contributed by atoms with E-state index in [-0.39, 0.29) is 0 Å². The topological polar surface area (TPSA) is 26.7 Å². The maximum absolute atomic E-state index is 10.2. The molecular formula is C17H27ClN2O. The quantitative estimate of drug-likeness (QED) is 0.875. The van der Waals surface area contributed by atoms with Crippen LogP contribution in [-0.2, 0) is 0 Å². The van der Waals surface area contributed by atoms with Gasteiger partial charge in [-0.05, 0) is 70.1 Å². The van der Waals surface area contributed by atoms with Crippen LogP contribution in [0.2, 0.25) is 5.02 Å². The van der Waals surface area contributed by atoms with Crippen molar-refractivity contribution in [3.63, 3.8) is 0 Å². The number of likely N-dealkylation sites (tertiary alicyclic amines) is 1. The normalized spacial score (nSPS) is 19.1. The van der Waals surface area contributed by atoms with Crippen molar-refractivity contribution in [3.8, 4) is 0 Å². The second-order valence-corrected chi connectivity index (χ2v) is 6.80. The molecule has 1 aliphatic rings. The molecule has 1 aromatic carbocycles. The Morgan fingerprint density at radius 3 is 2.76 bits per heavy atom. The van der Waals surface area contributed by atoms with Crippen LogP contribution in [0.4, 0.5) is 0 Å². The highest BCUT2D eigenvalue weighted by atomic mass is 35.5. The average molecular weight is 311 g/mol. The van der Waals surface area contributed by atoms with Crippen LogP contribution < -0.4 is 0 Å². The van der Waals surface area contributed by atoms with Crippen molar-refractivity contribution in [1.29, 1.82) is 0 Å². The minimum Gasteiger partial charge on any atom is -0.388 e. The van der Waals surface area contributed by atoms with Crippen LogP contribution in [0.5, 0.6) is 0 Å². The fourth-order valence-electron chi connectivity index (χ4n) is 3.00. The summed E-state index contributed by atoms with van der Waals surface area (Å²) in [5.41, 5.74) is 0.912. The lowest BCUT2D eigenvalue weighted by Crippen LogP contribution is -2.36. The van der Waals surface area contributed by atoms with Crippen LogP contribution in [0.3, 0.4) is 0 Å². The maximum atomic E-state index is 10.2. The van der Waals surface area contributed by atoms with Gasteiger partial charge in [-0.2, -0.15) is 0 Å². The smallest absolute Gasteiger partial charge is 0.0802 e. The Bertz CT molecular complexity index is 433. The molecule has 3 nitrogen and oxygen atoms in total. The Morgan fingerprint density at radius 2 is 2.10 bits per heavy atom. The molecule has 1 heterocycles. The van der Waals surface area contributed by atoms with Crippen LogP contribution in [0.25, 0.3) is 0 Å². The highest BCUT2D eigenvalue weighted by molar-refractivity contribution is 6.30. The molecule has 0 bridgehead atoms. The third kappa shape index (κ3) is 5.59. The molecule has 0 radical (unpaired) electrons. The van der Waals surface area contributed by atoms with E-state index >= 15 is 0 Å². The lowest BCUT2D eigenvalue weighted by atomic mass is 9.96. The standard InChI is InChI=1S/C17H27ClN2O/c1-19-9-6-14(7-10-19)13-20(2)11-8-17(21)15-4-3-5-16(18)12-15/h3-5,12,14,17,21H,6-11,13H2,1-2H3. The predicted molar refractivity (Wildman–Crippen MR) is 88.7 cm³/mol. The Balaban J connectivity index is 1.72. The van der Waals surface area contributed by atoms with E-state index < -0.39 is 6.10 Å². The molecule has 21 heavy (non-hydrogen) atoms. The molecule has 1 saturated heterocycles. The second kappa shape index (κ2) is 8.14. The molecule has 1 atom stereocenters. The predicted octanol–water partition coefficient (Wildman–Crippen LogP) is 3.04. The second-order valence-electron chi connectivity index (χ2n) is 6.37. The molecule has 2 rings (SSSR count). The van der Waals surface area contributed by atoms with Crippen molar-refractivity contribution in [2.24, 2.45) is 5.92 Å². The van der Waals surface area contributed by atoms with Crippen LogP contribution in [0.15, 0.2) is 24.3 Å². The van der Waals surface area contributed by atoms with E-state index in [9.17, 15) is 5.11 Å². The number of piperidine rings is 1. The summed E-state index contributed by atoms with van der Waals surface area (Å²) in [6.45, 7) is 4.48. The monoisotopic (exact) mass is 310 g/mol. The van der Waals surface area contributed by atoms with Gasteiger partial charge in [0.15, 0.2) is 0 Å². The van der Waals surface area contributed by atoms with Gasteiger partial charge in [-0.1, -0.05) is 23.7 Å². The van der Waals surface area contributed by atoms with E-state index in [1.54, 1.807) is 0 Å². The highest BCUT2D eigenvalue weighted by Gasteiger charge is 2.18. The van der Waals surface area contributed by atoms with Crippen LogP contribution in [0, 0.1) is 5.92 Å². The lowest BCUT2D eigenvalue weighted by Gasteiger charge is -2.31. The van der Waals surface area contributed by atoms with Crippen molar-refractivity contribution >= 4 is 11.6 Å². The number of halogens is 1. The maximum Gasteiger partial charge on any atom is 0.0802 e. The van der Waals surface area contributed by atoms with Gasteiger partial charge in [0.25, 0.3) is 0 Å². The number of rotatable bonds is 6. The summed E-state index contributed by atoms with van der Waals surface area (Å²) in [5.74, 6) is 0.800. The van der Waals surface area contributed by atoms with Crippen molar-refractivity contribution in [3.05, 3.63) is 34.9 Å². The van der Waals surface area contributed by atoms with Gasteiger partial charge < -0.3 is 14.9 Å². The fraction of sp³-hybridized carbons (Fsp3) is 0.647. The van der Waals surface area contributed by atoms with E-state index in [4.69, 9.17) is 11.6 Å². The zero-order valence-electron chi connectivity index (χ0n) is 13.1. The minimum atomic E-state index is -0.427. The summed E-state index contributed by atoms with van der Waals surface area (Å²) in [6, 6.07) is 7.52. The molecule has 0 aliphatic carbocycles. The number of aliphatic hydroxyl groups excluding tert-OH is 1. The number of hydrogen-bond donors (Lipinski definition) is 1. The zero-order chi connectivity index (χ0) is 15.2. The first-order valence-electron chi connectivity index (χ1n) is 7.85. The van der Waals surface area contributed by atoms with Gasteiger partial charge in [0.2, 0.25) is 0 Å². The van der Waals surface area contributed by atoms with Crippen LogP contribution in [0.1, 0.15) is 30.9 Å². The molecule has 0 spiro atoms. The number of benzene rings is 1. The van der Waals surface area contributed by atoms with Crippen molar-refractivity contribution in [2.45, 2.75) is 25.4 Å². The van der Waals surface area contributed by atoms with Crippen molar-refractivity contribution in [2.75, 3.05) is 40.3 Å². The SMILES string of the molecule is CN1CCC(CN(C)CCC(O)c2cccc(Cl)c2)CC1. The summed E-state index contributed by atoms with van der Waals surface area (Å²) in [6.07, 6.45) is 2.90. The molecule has 4 heteroatoms. The summed E-state index contributed by atoms with van der Waals surface area (Å²) in [4.78, 5) is 4.75. The average Bonchev–Trinajstić information content (AvgIpc) is 2.47. The summed E-state index contributed by atoms with van der Waals surface area (Å²) in [7, 11) is 4.35. The van der Waals surface area contributed by atoms with Crippen LogP contribution in [-0.4, -0.2) is 55.2 Å². The molecule has 1 fully saturated rings. The highest BCUT2D eigenvalue weighted by Crippen LogP contribution is 2.21. The molecule has 0 aromatic heterocycles.